The first kappa shape index (κ1) is 0.655. The number of hydrogen-bond donors (Lipinski definition) is 1. The number of nitrogens with one attached hydrogen (secondary N) is 1. The molecule has 1 fully saturated rings. The Labute approximate surface area is 51.4 Å². The molecule has 1 saturated heterocycles. The van der Waals surface area contributed by atoms with Crippen molar-refractivity contribution in [3.8, 4) is 0 Å². The highest BCUT2D eigenvalue weighted by Gasteiger charge is 1.93. The average Bonchev–Trinajstić information content (AvgIpc) is 1.98. The van der Waals surface area contributed by atoms with E-state index in [2.05, 4.69) is 0 Å². The summed E-state index contributed by atoms with van der Waals surface area (Å²) < 4.78 is 65.5. The second-order valence-corrected chi connectivity index (χ2v) is 0.808. The van der Waals surface area contributed by atoms with Crippen LogP contribution in [0, 0.1) is 0 Å². The minimum atomic E-state index is -2.80. The Morgan fingerprint density at radius 1 is 1.33 bits per heavy atom. The predicted octanol–water partition coefficient (Wildman–Crippen LogP) is 0.760. The number of rotatable bonds is 0. The van der Waals surface area contributed by atoms with Crippen molar-refractivity contribution in [3.05, 3.63) is 0 Å². The Bertz CT molecular complexity index is 246. The summed E-state index contributed by atoms with van der Waals surface area (Å²) in [7, 11) is 0. The van der Waals surface area contributed by atoms with Crippen LogP contribution in [0.25, 0.3) is 0 Å². The largest absolute Gasteiger partial charge is 0.317 e. The molecule has 0 saturated carbocycles. The van der Waals surface area contributed by atoms with Crippen molar-refractivity contribution < 1.29 is 12.3 Å². The van der Waals surface area contributed by atoms with Gasteiger partial charge in [0.05, 0.1) is 0 Å². The topological polar surface area (TPSA) is 12.0 Å². The first-order valence-corrected chi connectivity index (χ1v) is 1.58. The standard InChI is InChI=1S/C5H11N/c1-2-4-6-5-3-1/h6H,1-5H2/i1D,2D2,3D2,4D2,5D2. The molecule has 0 aliphatic carbocycles. The third kappa shape index (κ3) is 0.977. The van der Waals surface area contributed by atoms with Crippen LogP contribution in [0.1, 0.15) is 31.5 Å². The fraction of sp³-hybridized carbons (Fsp3) is 1.00. The minimum Gasteiger partial charge on any atom is -0.317 e. The fourth-order valence-electron chi connectivity index (χ4n) is 0.212. The monoisotopic (exact) mass is 94.1 g/mol. The van der Waals surface area contributed by atoms with Gasteiger partial charge in [-0.2, -0.15) is 0 Å². The first-order chi connectivity index (χ1) is 6.36. The van der Waals surface area contributed by atoms with Crippen LogP contribution in [0.3, 0.4) is 0 Å². The minimum absolute atomic E-state index is 1.64. The van der Waals surface area contributed by atoms with Crippen LogP contribution < -0.4 is 5.32 Å². The molecule has 0 radical (unpaired) electrons. The van der Waals surface area contributed by atoms with E-state index in [-0.39, 0.29) is 0 Å². The Balaban J connectivity index is 3.24. The van der Waals surface area contributed by atoms with Crippen LogP contribution in [0.2, 0.25) is 0 Å². The van der Waals surface area contributed by atoms with Crippen LogP contribution in [-0.2, 0) is 0 Å². The summed E-state index contributed by atoms with van der Waals surface area (Å²) in [6.07, 6.45) is -7.75. The highest BCUT2D eigenvalue weighted by molar-refractivity contribution is 4.55. The highest BCUT2D eigenvalue weighted by atomic mass is 14.9. The summed E-state index contributed by atoms with van der Waals surface area (Å²) in [5.41, 5.74) is 0. The van der Waals surface area contributed by atoms with Crippen LogP contribution >= 0.6 is 0 Å². The van der Waals surface area contributed by atoms with E-state index >= 15 is 0 Å². The van der Waals surface area contributed by atoms with Crippen LogP contribution in [0.5, 0.6) is 0 Å². The molecule has 1 aliphatic heterocycles. The van der Waals surface area contributed by atoms with Crippen LogP contribution in [0.4, 0.5) is 0 Å². The van der Waals surface area contributed by atoms with E-state index in [9.17, 15) is 0 Å². The van der Waals surface area contributed by atoms with Gasteiger partial charge in [0, 0.05) is 12.3 Å². The maximum absolute atomic E-state index is 7.32. The summed E-state index contributed by atoms with van der Waals surface area (Å²) in [6, 6.07) is 0. The normalized spacial score (nSPS) is 83.0. The molecule has 1 heteroatoms. The lowest BCUT2D eigenvalue weighted by molar-refractivity contribution is 0.520. The van der Waals surface area contributed by atoms with Gasteiger partial charge in [0.25, 0.3) is 0 Å². The van der Waals surface area contributed by atoms with Gasteiger partial charge in [-0.15, -0.1) is 0 Å². The van der Waals surface area contributed by atoms with Crippen molar-refractivity contribution in [2.45, 2.75) is 19.1 Å². The molecule has 1 rings (SSSR count). The zero-order chi connectivity index (χ0) is 12.3. The second-order valence-electron chi connectivity index (χ2n) is 0.808. The van der Waals surface area contributed by atoms with Crippen molar-refractivity contribution in [1.29, 1.82) is 0 Å². The van der Waals surface area contributed by atoms with E-state index in [1.54, 1.807) is 5.32 Å². The van der Waals surface area contributed by atoms with E-state index in [0.29, 0.717) is 0 Å². The van der Waals surface area contributed by atoms with Gasteiger partial charge >= 0.3 is 0 Å². The van der Waals surface area contributed by atoms with Crippen LogP contribution in [-0.4, -0.2) is 13.0 Å². The predicted molar refractivity (Wildman–Crippen MR) is 26.7 cm³/mol. The fourth-order valence-corrected chi connectivity index (χ4v) is 0.212. The Morgan fingerprint density at radius 2 is 2.00 bits per heavy atom. The lowest BCUT2D eigenvalue weighted by Gasteiger charge is -2.08. The van der Waals surface area contributed by atoms with Crippen molar-refractivity contribution in [1.82, 2.24) is 5.32 Å². The van der Waals surface area contributed by atoms with Gasteiger partial charge in [-0.1, -0.05) is 6.40 Å². The zero-order valence-corrected chi connectivity index (χ0v) is 3.08. The SMILES string of the molecule is [2H]C1C([2H])([2H])C([2H])([2H])NC([2H])([2H])C1([2H])[2H]. The van der Waals surface area contributed by atoms with E-state index in [1.807, 2.05) is 0 Å². The maximum atomic E-state index is 7.32. The smallest absolute Gasteiger partial charge is 0.0428 e. The second kappa shape index (κ2) is 2.19. The summed E-state index contributed by atoms with van der Waals surface area (Å²) in [5.74, 6) is 0. The quantitative estimate of drug-likeness (QED) is 0.467. The van der Waals surface area contributed by atoms with Gasteiger partial charge in [-0.25, -0.2) is 0 Å². The third-order valence-electron chi connectivity index (χ3n) is 0.414. The van der Waals surface area contributed by atoms with E-state index in [1.165, 1.54) is 0 Å². The van der Waals surface area contributed by atoms with Gasteiger partial charge in [0.15, 0.2) is 0 Å². The third-order valence-corrected chi connectivity index (χ3v) is 0.414. The summed E-state index contributed by atoms with van der Waals surface area (Å²) in [4.78, 5) is 0. The molecule has 0 aromatic heterocycles. The van der Waals surface area contributed by atoms with E-state index in [0.717, 1.165) is 0 Å². The summed E-state index contributed by atoms with van der Waals surface area (Å²) in [5, 5.41) is 1.64. The molecular formula is C5H11N. The van der Waals surface area contributed by atoms with Crippen LogP contribution in [0.15, 0.2) is 0 Å². The van der Waals surface area contributed by atoms with E-state index in [4.69, 9.17) is 12.3 Å². The molecular weight excluding hydrogens is 74.1 g/mol. The molecule has 0 aromatic carbocycles. The molecule has 0 spiro atoms. The summed E-state index contributed by atoms with van der Waals surface area (Å²) in [6.45, 7) is -5.57. The summed E-state index contributed by atoms with van der Waals surface area (Å²) >= 11 is 0. The number of piperidine rings is 1. The molecule has 1 N–H and O–H groups in total. The van der Waals surface area contributed by atoms with Crippen molar-refractivity contribution >= 4 is 0 Å². The molecule has 0 unspecified atom stereocenters. The number of hydrogen-bond acceptors (Lipinski definition) is 1. The van der Waals surface area contributed by atoms with E-state index < -0.39 is 32.1 Å². The lowest BCUT2D eigenvalue weighted by atomic mass is 10.2. The highest BCUT2D eigenvalue weighted by Crippen LogP contribution is 1.96. The Hall–Kier alpha value is -0.0400. The molecule has 1 aliphatic rings. The van der Waals surface area contributed by atoms with Crippen molar-refractivity contribution in [3.63, 3.8) is 0 Å². The average molecular weight is 94.2 g/mol. The molecule has 36 valence electrons. The zero-order valence-electron chi connectivity index (χ0n) is 12.1. The van der Waals surface area contributed by atoms with Crippen molar-refractivity contribution in [2.24, 2.45) is 0 Å². The first-order valence-electron chi connectivity index (χ1n) is 6.15. The lowest BCUT2D eigenvalue weighted by Crippen LogP contribution is -2.21. The molecule has 0 bridgehead atoms. The van der Waals surface area contributed by atoms with Gasteiger partial charge in [0.2, 0.25) is 0 Å². The molecule has 0 amide bonds. The molecule has 6 heavy (non-hydrogen) atoms. The molecule has 1 nitrogen and oxygen atoms in total. The maximum Gasteiger partial charge on any atom is 0.0428 e. The van der Waals surface area contributed by atoms with Gasteiger partial charge in [-0.05, 0) is 25.7 Å². The molecule has 0 aromatic rings. The Kier molecular flexibility index (Phi) is 0.239. The molecule has 0 atom stereocenters. The van der Waals surface area contributed by atoms with Gasteiger partial charge in [0.1, 0.15) is 0 Å². The Morgan fingerprint density at radius 3 is 2.67 bits per heavy atom. The van der Waals surface area contributed by atoms with Crippen molar-refractivity contribution in [2.75, 3.05) is 13.0 Å². The van der Waals surface area contributed by atoms with Gasteiger partial charge in [-0.3, -0.25) is 0 Å². The van der Waals surface area contributed by atoms with Gasteiger partial charge < -0.3 is 5.32 Å². The molecule has 1 heterocycles.